The van der Waals surface area contributed by atoms with E-state index in [9.17, 15) is 4.79 Å². The Balaban J connectivity index is 2.50. The van der Waals surface area contributed by atoms with Gasteiger partial charge in [0.15, 0.2) is 0 Å². The van der Waals surface area contributed by atoms with Crippen LogP contribution in [0.5, 0.6) is 5.95 Å². The second-order valence-corrected chi connectivity index (χ2v) is 3.52. The predicted octanol–water partition coefficient (Wildman–Crippen LogP) is 1.11. The van der Waals surface area contributed by atoms with Gasteiger partial charge in [-0.1, -0.05) is 5.16 Å². The SMILES string of the molecule is COc1onc(C)c1C1(C(=O)O)CC1. The smallest absolute Gasteiger partial charge is 0.315 e. The molecule has 1 fully saturated rings. The number of rotatable bonds is 3. The zero-order valence-corrected chi connectivity index (χ0v) is 8.03. The zero-order valence-electron chi connectivity index (χ0n) is 8.03. The van der Waals surface area contributed by atoms with Gasteiger partial charge in [-0.2, -0.15) is 0 Å². The van der Waals surface area contributed by atoms with Crippen LogP contribution in [0.3, 0.4) is 0 Å². The number of hydrogen-bond donors (Lipinski definition) is 1. The minimum Gasteiger partial charge on any atom is -0.481 e. The van der Waals surface area contributed by atoms with Crippen LogP contribution in [-0.4, -0.2) is 23.3 Å². The van der Waals surface area contributed by atoms with E-state index in [1.165, 1.54) is 7.11 Å². The molecule has 0 saturated heterocycles. The molecule has 1 N–H and O–H groups in total. The van der Waals surface area contributed by atoms with Crippen molar-refractivity contribution in [1.82, 2.24) is 5.16 Å². The third kappa shape index (κ3) is 1.01. The zero-order chi connectivity index (χ0) is 10.3. The highest BCUT2D eigenvalue weighted by atomic mass is 16.6. The first-order valence-electron chi connectivity index (χ1n) is 4.36. The third-order valence-electron chi connectivity index (χ3n) is 2.65. The van der Waals surface area contributed by atoms with Crippen molar-refractivity contribution in [2.75, 3.05) is 7.11 Å². The Morgan fingerprint density at radius 3 is 2.71 bits per heavy atom. The van der Waals surface area contributed by atoms with Gasteiger partial charge >= 0.3 is 11.9 Å². The van der Waals surface area contributed by atoms with E-state index in [0.29, 0.717) is 24.1 Å². The van der Waals surface area contributed by atoms with Gasteiger partial charge in [-0.25, -0.2) is 0 Å². The molecule has 76 valence electrons. The number of nitrogens with zero attached hydrogens (tertiary/aromatic N) is 1. The van der Waals surface area contributed by atoms with Crippen molar-refractivity contribution in [3.05, 3.63) is 11.3 Å². The van der Waals surface area contributed by atoms with Gasteiger partial charge in [0.25, 0.3) is 0 Å². The van der Waals surface area contributed by atoms with Crippen LogP contribution < -0.4 is 4.74 Å². The van der Waals surface area contributed by atoms with E-state index in [-0.39, 0.29) is 5.95 Å². The van der Waals surface area contributed by atoms with E-state index in [1.54, 1.807) is 6.92 Å². The number of methoxy groups -OCH3 is 1. The number of aryl methyl sites for hydroxylation is 1. The summed E-state index contributed by atoms with van der Waals surface area (Å²) in [5.41, 5.74) is 0.379. The lowest BCUT2D eigenvalue weighted by Gasteiger charge is -2.08. The molecule has 1 heterocycles. The van der Waals surface area contributed by atoms with Gasteiger partial charge in [-0.3, -0.25) is 4.79 Å². The van der Waals surface area contributed by atoms with Gasteiger partial charge in [-0.15, -0.1) is 0 Å². The Kier molecular flexibility index (Phi) is 1.77. The first kappa shape index (κ1) is 9.05. The van der Waals surface area contributed by atoms with Crippen LogP contribution in [0.15, 0.2) is 4.52 Å². The van der Waals surface area contributed by atoms with Crippen molar-refractivity contribution in [3.8, 4) is 5.95 Å². The molecule has 0 spiro atoms. The van der Waals surface area contributed by atoms with Crippen LogP contribution in [0.2, 0.25) is 0 Å². The minimum atomic E-state index is -0.831. The highest BCUT2D eigenvalue weighted by molar-refractivity contribution is 5.86. The minimum absolute atomic E-state index is 0.224. The molecule has 2 rings (SSSR count). The Labute approximate surface area is 80.6 Å². The second-order valence-electron chi connectivity index (χ2n) is 3.52. The van der Waals surface area contributed by atoms with Crippen molar-refractivity contribution >= 4 is 5.97 Å². The number of carbonyl (C=O) groups is 1. The van der Waals surface area contributed by atoms with Crippen molar-refractivity contribution in [2.24, 2.45) is 0 Å². The van der Waals surface area contributed by atoms with Gasteiger partial charge in [0.2, 0.25) is 0 Å². The molecule has 5 heteroatoms. The summed E-state index contributed by atoms with van der Waals surface area (Å²) in [6.07, 6.45) is 1.25. The molecule has 0 unspecified atom stereocenters. The summed E-state index contributed by atoms with van der Waals surface area (Å²) < 4.78 is 9.84. The molecule has 0 amide bonds. The van der Waals surface area contributed by atoms with E-state index >= 15 is 0 Å². The Hall–Kier alpha value is -1.52. The topological polar surface area (TPSA) is 72.6 Å². The standard InChI is InChI=1S/C9H11NO4/c1-5-6(7(13-2)14-10-5)9(3-4-9)8(11)12/h3-4H2,1-2H3,(H,11,12). The fourth-order valence-electron chi connectivity index (χ4n) is 1.73. The maximum Gasteiger partial charge on any atom is 0.315 e. The van der Waals surface area contributed by atoms with Crippen molar-refractivity contribution in [2.45, 2.75) is 25.2 Å². The summed E-state index contributed by atoms with van der Waals surface area (Å²) in [6, 6.07) is 0. The average Bonchev–Trinajstić information content (AvgIpc) is 2.86. The van der Waals surface area contributed by atoms with Gasteiger partial charge < -0.3 is 14.4 Å². The number of carboxylic acid groups (broad SMARTS) is 1. The maximum absolute atomic E-state index is 11.1. The monoisotopic (exact) mass is 197 g/mol. The highest BCUT2D eigenvalue weighted by Crippen LogP contribution is 2.52. The van der Waals surface area contributed by atoms with Crippen molar-refractivity contribution in [3.63, 3.8) is 0 Å². The predicted molar refractivity (Wildman–Crippen MR) is 46.3 cm³/mol. The van der Waals surface area contributed by atoms with E-state index < -0.39 is 11.4 Å². The van der Waals surface area contributed by atoms with Crippen molar-refractivity contribution in [1.29, 1.82) is 0 Å². The molecule has 5 nitrogen and oxygen atoms in total. The summed E-state index contributed by atoms with van der Waals surface area (Å²) >= 11 is 0. The van der Waals surface area contributed by atoms with Crippen LogP contribution in [0, 0.1) is 6.92 Å². The molecule has 1 aromatic rings. The molecule has 0 bridgehead atoms. The summed E-state index contributed by atoms with van der Waals surface area (Å²) in [6.45, 7) is 1.73. The number of aromatic nitrogens is 1. The highest BCUT2D eigenvalue weighted by Gasteiger charge is 2.56. The molecular formula is C9H11NO4. The molecule has 1 aromatic heterocycles. The van der Waals surface area contributed by atoms with Crippen molar-refractivity contribution < 1.29 is 19.2 Å². The summed E-state index contributed by atoms with van der Waals surface area (Å²) in [7, 11) is 1.45. The quantitative estimate of drug-likeness (QED) is 0.785. The maximum atomic E-state index is 11.1. The molecule has 0 radical (unpaired) electrons. The lowest BCUT2D eigenvalue weighted by Crippen LogP contribution is -2.20. The fourth-order valence-corrected chi connectivity index (χ4v) is 1.73. The fraction of sp³-hybridized carbons (Fsp3) is 0.556. The molecule has 1 aliphatic carbocycles. The number of aliphatic carboxylic acids is 1. The average molecular weight is 197 g/mol. The Morgan fingerprint density at radius 2 is 2.29 bits per heavy atom. The lowest BCUT2D eigenvalue weighted by atomic mass is 9.97. The van der Waals surface area contributed by atoms with E-state index in [2.05, 4.69) is 5.16 Å². The van der Waals surface area contributed by atoms with Gasteiger partial charge in [-0.05, 0) is 19.8 Å². The van der Waals surface area contributed by atoms with Gasteiger partial charge in [0.05, 0.1) is 18.4 Å². The summed E-state index contributed by atoms with van der Waals surface area (Å²) in [5, 5.41) is 12.8. The first-order chi connectivity index (χ1) is 6.62. The van der Waals surface area contributed by atoms with E-state index in [4.69, 9.17) is 14.4 Å². The largest absolute Gasteiger partial charge is 0.481 e. The molecule has 1 aliphatic rings. The van der Waals surface area contributed by atoms with Crippen LogP contribution in [0.1, 0.15) is 24.1 Å². The van der Waals surface area contributed by atoms with Gasteiger partial charge in [0, 0.05) is 0 Å². The second kappa shape index (κ2) is 2.73. The molecule has 0 atom stereocenters. The third-order valence-corrected chi connectivity index (χ3v) is 2.65. The molecule has 1 saturated carbocycles. The number of carboxylic acids is 1. The Morgan fingerprint density at radius 1 is 1.64 bits per heavy atom. The normalized spacial score (nSPS) is 17.9. The molecule has 0 aliphatic heterocycles. The van der Waals surface area contributed by atoms with Crippen LogP contribution >= 0.6 is 0 Å². The van der Waals surface area contributed by atoms with Crippen LogP contribution in [-0.2, 0) is 10.2 Å². The van der Waals surface area contributed by atoms with Gasteiger partial charge in [0.1, 0.15) is 5.41 Å². The molecular weight excluding hydrogens is 186 g/mol. The molecule has 0 aromatic carbocycles. The number of hydrogen-bond acceptors (Lipinski definition) is 4. The summed E-state index contributed by atoms with van der Waals surface area (Å²) in [4.78, 5) is 11.1. The number of ether oxygens (including phenoxy) is 1. The van der Waals surface area contributed by atoms with E-state index in [0.717, 1.165) is 0 Å². The summed E-state index contributed by atoms with van der Waals surface area (Å²) in [5.74, 6) is -0.607. The molecule has 14 heavy (non-hydrogen) atoms. The van der Waals surface area contributed by atoms with E-state index in [1.807, 2.05) is 0 Å². The Bertz CT molecular complexity index is 378. The van der Waals surface area contributed by atoms with Crippen LogP contribution in [0.25, 0.3) is 0 Å². The first-order valence-corrected chi connectivity index (χ1v) is 4.36. The van der Waals surface area contributed by atoms with Crippen LogP contribution in [0.4, 0.5) is 0 Å². The lowest BCUT2D eigenvalue weighted by molar-refractivity contribution is -0.140.